The average molecular weight is 431 g/mol. The third-order valence-electron chi connectivity index (χ3n) is 3.96. The molecule has 0 spiro atoms. The van der Waals surface area contributed by atoms with Crippen LogP contribution < -0.4 is 4.46 Å². The first kappa shape index (κ1) is 20.4. The number of hydrogen-bond acceptors (Lipinski definition) is 5. The van der Waals surface area contributed by atoms with Gasteiger partial charge in [-0.15, -0.1) is 0 Å². The second kappa shape index (κ2) is 8.66. The normalized spacial score (nSPS) is 26.1. The van der Waals surface area contributed by atoms with Crippen LogP contribution in [0.1, 0.15) is 40.0 Å². The molecule has 7 heteroatoms. The number of benzene rings is 1. The summed E-state index contributed by atoms with van der Waals surface area (Å²) < 4.78 is 31.4. The Morgan fingerprint density at radius 3 is 2.52 bits per heavy atom. The fourth-order valence-corrected chi connectivity index (χ4v) is 7.91. The monoisotopic (exact) mass is 432 g/mol. The van der Waals surface area contributed by atoms with E-state index in [1.807, 2.05) is 30.3 Å². The molecule has 2 unspecified atom stereocenters. The second-order valence-electron chi connectivity index (χ2n) is 5.82. The van der Waals surface area contributed by atoms with Crippen LogP contribution in [0.4, 0.5) is 0 Å². The molecule has 0 aromatic heterocycles. The minimum absolute atomic E-state index is 0.212. The van der Waals surface area contributed by atoms with Crippen molar-refractivity contribution in [2.75, 3.05) is 13.7 Å². The summed E-state index contributed by atoms with van der Waals surface area (Å²) in [7, 11) is -2.12. The van der Waals surface area contributed by atoms with E-state index in [2.05, 4.69) is 6.92 Å². The van der Waals surface area contributed by atoms with Gasteiger partial charge in [0.15, 0.2) is 0 Å². The zero-order valence-corrected chi connectivity index (χ0v) is 17.7. The molecule has 25 heavy (non-hydrogen) atoms. The van der Waals surface area contributed by atoms with Gasteiger partial charge in [0.1, 0.15) is 0 Å². The van der Waals surface area contributed by atoms with Crippen LogP contribution in [0.25, 0.3) is 0 Å². The number of allylic oxidation sites excluding steroid dienone is 1. The van der Waals surface area contributed by atoms with Crippen molar-refractivity contribution < 1.29 is 23.1 Å². The zero-order valence-electron chi connectivity index (χ0n) is 15.1. The van der Waals surface area contributed by atoms with Crippen molar-refractivity contribution in [2.45, 2.75) is 45.6 Å². The zero-order chi connectivity index (χ0) is 18.5. The third kappa shape index (κ3) is 4.27. The topological polar surface area (TPSA) is 61.8 Å². The predicted octanol–water partition coefficient (Wildman–Crippen LogP) is 3.61. The van der Waals surface area contributed by atoms with Crippen LogP contribution in [0.5, 0.6) is 0 Å². The Morgan fingerprint density at radius 2 is 1.96 bits per heavy atom. The molecule has 1 aliphatic heterocycles. The summed E-state index contributed by atoms with van der Waals surface area (Å²) in [6, 6.07) is 9.87. The van der Waals surface area contributed by atoms with E-state index >= 15 is 0 Å². The van der Waals surface area contributed by atoms with Crippen molar-refractivity contribution in [3.05, 3.63) is 40.1 Å². The summed E-state index contributed by atoms with van der Waals surface area (Å²) in [5.41, 5.74) is -1.36. The van der Waals surface area contributed by atoms with Crippen LogP contribution in [-0.4, -0.2) is 40.2 Å². The van der Waals surface area contributed by atoms with Crippen LogP contribution in [0.3, 0.4) is 0 Å². The molecule has 0 amide bonds. The van der Waals surface area contributed by atoms with Crippen LogP contribution in [0, 0.1) is 0 Å². The maximum atomic E-state index is 13.2. The molecule has 1 aromatic rings. The Labute approximate surface area is 155 Å². The molecular weight excluding hydrogens is 406 g/mol. The Bertz CT molecular complexity index is 688. The van der Waals surface area contributed by atoms with Gasteiger partial charge in [-0.3, -0.25) is 0 Å². The average Bonchev–Trinajstić information content (AvgIpc) is 2.83. The Morgan fingerprint density at radius 1 is 1.28 bits per heavy atom. The number of rotatable bonds is 8. The van der Waals surface area contributed by atoms with E-state index in [-0.39, 0.29) is 21.6 Å². The Kier molecular flexibility index (Phi) is 7.07. The quantitative estimate of drug-likeness (QED) is 0.358. The van der Waals surface area contributed by atoms with Gasteiger partial charge in [-0.05, 0) is 0 Å². The molecule has 1 aliphatic rings. The molecule has 0 fully saturated rings. The standard InChI is InChI=1S/C18H25O5PSe/c1-5-7-13-15-16(25-14-11-9-8-10-12-14)18(3,17(19)22-6-2)23-24(15,20)21-4/h8-12H,5-7,13H2,1-4H3. The first-order valence-electron chi connectivity index (χ1n) is 8.42. The fourth-order valence-electron chi connectivity index (χ4n) is 2.64. The number of esters is 1. The van der Waals surface area contributed by atoms with E-state index in [1.165, 1.54) is 7.11 Å². The van der Waals surface area contributed by atoms with Crippen molar-refractivity contribution in [3.63, 3.8) is 0 Å². The van der Waals surface area contributed by atoms with Gasteiger partial charge in [-0.2, -0.15) is 0 Å². The van der Waals surface area contributed by atoms with E-state index in [4.69, 9.17) is 13.8 Å². The SMILES string of the molecule is CCCCC1=C([Se]c2ccccc2)C(C)(C(=O)OCC)OP1(=O)OC. The van der Waals surface area contributed by atoms with Gasteiger partial charge < -0.3 is 0 Å². The summed E-state index contributed by atoms with van der Waals surface area (Å²) in [5.74, 6) is -0.508. The molecule has 2 atom stereocenters. The van der Waals surface area contributed by atoms with Gasteiger partial charge in [-0.1, -0.05) is 0 Å². The van der Waals surface area contributed by atoms with Crippen LogP contribution in [-0.2, 0) is 23.1 Å². The molecule has 138 valence electrons. The van der Waals surface area contributed by atoms with Gasteiger partial charge in [0.05, 0.1) is 0 Å². The summed E-state index contributed by atoms with van der Waals surface area (Å²) in [6.45, 7) is 5.71. The van der Waals surface area contributed by atoms with Crippen molar-refractivity contribution in [3.8, 4) is 0 Å². The molecule has 1 heterocycles. The minimum atomic E-state index is -3.49. The van der Waals surface area contributed by atoms with E-state index in [0.29, 0.717) is 11.7 Å². The number of carbonyl (C=O) groups excluding carboxylic acids is 1. The van der Waals surface area contributed by atoms with E-state index < -0.39 is 19.2 Å². The van der Waals surface area contributed by atoms with Crippen LogP contribution in [0.2, 0.25) is 0 Å². The van der Waals surface area contributed by atoms with Gasteiger partial charge in [0.2, 0.25) is 0 Å². The number of hydrogen-bond donors (Lipinski definition) is 0. The summed E-state index contributed by atoms with van der Waals surface area (Å²) >= 11 is -0.212. The second-order valence-corrected chi connectivity index (χ2v) is 10.2. The van der Waals surface area contributed by atoms with Gasteiger partial charge >= 0.3 is 156 Å². The molecule has 0 bridgehead atoms. The van der Waals surface area contributed by atoms with Gasteiger partial charge in [0, 0.05) is 0 Å². The molecule has 0 radical (unpaired) electrons. The molecule has 0 saturated carbocycles. The number of carbonyl (C=O) groups is 1. The number of unbranched alkanes of at least 4 members (excludes halogenated alkanes) is 1. The van der Waals surface area contributed by atoms with E-state index in [9.17, 15) is 9.36 Å². The van der Waals surface area contributed by atoms with Gasteiger partial charge in [-0.25, -0.2) is 0 Å². The molecular formula is C18H25O5PSe. The number of ether oxygens (including phenoxy) is 1. The van der Waals surface area contributed by atoms with Crippen molar-refractivity contribution in [1.29, 1.82) is 0 Å². The molecule has 0 aliphatic carbocycles. The molecule has 0 saturated heterocycles. The fraction of sp³-hybridized carbons (Fsp3) is 0.500. The van der Waals surface area contributed by atoms with Gasteiger partial charge in [0.25, 0.3) is 0 Å². The van der Waals surface area contributed by atoms with E-state index in [1.54, 1.807) is 13.8 Å². The Balaban J connectivity index is 2.54. The molecule has 5 nitrogen and oxygen atoms in total. The third-order valence-corrected chi connectivity index (χ3v) is 9.33. The molecule has 2 rings (SSSR count). The van der Waals surface area contributed by atoms with Crippen molar-refractivity contribution in [2.24, 2.45) is 0 Å². The molecule has 1 aromatic carbocycles. The Hall–Kier alpha value is -0.901. The summed E-state index contributed by atoms with van der Waals surface area (Å²) in [6.07, 6.45) is 2.41. The van der Waals surface area contributed by atoms with Crippen molar-refractivity contribution in [1.82, 2.24) is 0 Å². The summed E-state index contributed by atoms with van der Waals surface area (Å²) in [4.78, 5) is 12.6. The first-order valence-corrected chi connectivity index (χ1v) is 11.7. The van der Waals surface area contributed by atoms with Crippen LogP contribution in [0.15, 0.2) is 40.1 Å². The van der Waals surface area contributed by atoms with Crippen molar-refractivity contribution >= 4 is 33.0 Å². The maximum absolute atomic E-state index is 13.2. The van der Waals surface area contributed by atoms with E-state index in [0.717, 1.165) is 21.8 Å². The predicted molar refractivity (Wildman–Crippen MR) is 99.1 cm³/mol. The van der Waals surface area contributed by atoms with Crippen LogP contribution >= 0.6 is 7.60 Å². The summed E-state index contributed by atoms with van der Waals surface area (Å²) in [5, 5.41) is 0.649. The molecule has 0 N–H and O–H groups in total. The first-order chi connectivity index (χ1) is 11.9.